The second kappa shape index (κ2) is 11.1. The van der Waals surface area contributed by atoms with E-state index >= 15 is 0 Å². The van der Waals surface area contributed by atoms with Gasteiger partial charge in [0.1, 0.15) is 22.7 Å². The van der Waals surface area contributed by atoms with Crippen molar-refractivity contribution in [3.63, 3.8) is 0 Å². The van der Waals surface area contributed by atoms with Crippen LogP contribution in [-0.4, -0.2) is 5.54 Å². The number of fused-ring (bicyclic) bond motifs is 10. The lowest BCUT2D eigenvalue weighted by Crippen LogP contribution is -2.42. The highest BCUT2D eigenvalue weighted by atomic mass is 16.3. The second-order valence-electron chi connectivity index (χ2n) is 15.1. The number of benzene rings is 4. The Bertz CT molecular complexity index is 2580. The Morgan fingerprint density at radius 2 is 1.52 bits per heavy atom. The number of hydrogen-bond donors (Lipinski definition) is 0. The molecule has 3 nitrogen and oxygen atoms in total. The molecule has 0 bridgehead atoms. The molecule has 10 rings (SSSR count). The van der Waals surface area contributed by atoms with Crippen molar-refractivity contribution in [3.8, 4) is 0 Å². The largest absolute Gasteiger partial charge is 0.460 e. The Labute approximate surface area is 293 Å². The van der Waals surface area contributed by atoms with Gasteiger partial charge in [0, 0.05) is 57.1 Å². The van der Waals surface area contributed by atoms with E-state index in [2.05, 4.69) is 147 Å². The molecule has 0 fully saturated rings. The first-order valence-corrected chi connectivity index (χ1v) is 18.3. The van der Waals surface area contributed by atoms with E-state index in [-0.39, 0.29) is 5.54 Å². The maximum absolute atomic E-state index is 6.65. The molecule has 4 aliphatic rings. The Balaban J connectivity index is 1.21. The molecule has 50 heavy (non-hydrogen) atoms. The smallest absolute Gasteiger partial charge is 0.137 e. The SMILES string of the molecule is CC1C=Cc2c(oc3ccc4ccc5ccc(N(c6ccc7c8c(oc7c6)C(C)CC=C8)C6(C)C=C(C7=CCCC=C7)C=CC6)cc5c4c23)C1. The number of allylic oxidation sites excluding steroid dienone is 8. The molecule has 2 heterocycles. The van der Waals surface area contributed by atoms with Gasteiger partial charge in [-0.1, -0.05) is 98.9 Å². The van der Waals surface area contributed by atoms with Gasteiger partial charge in [-0.05, 0) is 96.2 Å². The summed E-state index contributed by atoms with van der Waals surface area (Å²) in [5.41, 5.74) is 8.95. The Morgan fingerprint density at radius 3 is 2.42 bits per heavy atom. The summed E-state index contributed by atoms with van der Waals surface area (Å²) >= 11 is 0. The minimum Gasteiger partial charge on any atom is -0.460 e. The molecule has 3 atom stereocenters. The summed E-state index contributed by atoms with van der Waals surface area (Å²) in [6.07, 6.45) is 28.3. The van der Waals surface area contributed by atoms with Crippen molar-refractivity contribution in [1.82, 2.24) is 0 Å². The molecule has 3 heteroatoms. The molecule has 4 aromatic carbocycles. The van der Waals surface area contributed by atoms with E-state index in [4.69, 9.17) is 8.83 Å². The van der Waals surface area contributed by atoms with E-state index in [0.717, 1.165) is 66.2 Å². The van der Waals surface area contributed by atoms with E-state index in [1.807, 2.05) is 0 Å². The third kappa shape index (κ3) is 4.56. The van der Waals surface area contributed by atoms with E-state index in [0.29, 0.717) is 11.8 Å². The fourth-order valence-electron chi connectivity index (χ4n) is 8.95. The van der Waals surface area contributed by atoms with Crippen LogP contribution in [0.5, 0.6) is 0 Å². The first-order chi connectivity index (χ1) is 24.4. The summed E-state index contributed by atoms with van der Waals surface area (Å²) in [5, 5.41) is 7.39. The van der Waals surface area contributed by atoms with E-state index in [1.165, 1.54) is 54.6 Å². The minimum absolute atomic E-state index is 0.329. The molecule has 2 aromatic heterocycles. The third-order valence-electron chi connectivity index (χ3n) is 11.5. The van der Waals surface area contributed by atoms with Crippen LogP contribution in [-0.2, 0) is 6.42 Å². The zero-order valence-corrected chi connectivity index (χ0v) is 29.0. The first-order valence-electron chi connectivity index (χ1n) is 18.3. The van der Waals surface area contributed by atoms with Crippen LogP contribution in [0, 0.1) is 5.92 Å². The van der Waals surface area contributed by atoms with Crippen molar-refractivity contribution in [2.45, 2.75) is 64.3 Å². The van der Waals surface area contributed by atoms with Crippen molar-refractivity contribution in [2.75, 3.05) is 4.90 Å². The summed E-state index contributed by atoms with van der Waals surface area (Å²) in [4.78, 5) is 2.55. The van der Waals surface area contributed by atoms with Crippen LogP contribution in [0.25, 0.3) is 55.6 Å². The predicted octanol–water partition coefficient (Wildman–Crippen LogP) is 13.3. The quantitative estimate of drug-likeness (QED) is 0.178. The van der Waals surface area contributed by atoms with E-state index in [9.17, 15) is 0 Å². The Hall–Kier alpha value is -5.28. The average molecular weight is 652 g/mol. The van der Waals surface area contributed by atoms with Crippen LogP contribution < -0.4 is 4.90 Å². The molecule has 246 valence electrons. The summed E-state index contributed by atoms with van der Waals surface area (Å²) in [5.74, 6) is 3.05. The molecular formula is C47H41NO2. The number of anilines is 2. The monoisotopic (exact) mass is 651 g/mol. The zero-order valence-electron chi connectivity index (χ0n) is 29.0. The lowest BCUT2D eigenvalue weighted by atomic mass is 9.83. The maximum atomic E-state index is 6.65. The summed E-state index contributed by atoms with van der Waals surface area (Å²) in [6.45, 7) is 6.91. The van der Waals surface area contributed by atoms with E-state index in [1.54, 1.807) is 0 Å². The van der Waals surface area contributed by atoms with Gasteiger partial charge in [-0.3, -0.25) is 0 Å². The van der Waals surface area contributed by atoms with Crippen LogP contribution in [0.2, 0.25) is 0 Å². The molecule has 0 amide bonds. The number of hydrogen-bond acceptors (Lipinski definition) is 3. The molecule has 0 radical (unpaired) electrons. The number of nitrogens with zero attached hydrogens (tertiary/aromatic N) is 1. The lowest BCUT2D eigenvalue weighted by Gasteiger charge is -2.43. The highest BCUT2D eigenvalue weighted by Crippen LogP contribution is 2.46. The fraction of sp³-hybridized carbons (Fsp3) is 0.234. The molecule has 4 aliphatic carbocycles. The van der Waals surface area contributed by atoms with E-state index < -0.39 is 0 Å². The van der Waals surface area contributed by atoms with Gasteiger partial charge in [0.25, 0.3) is 0 Å². The van der Waals surface area contributed by atoms with Gasteiger partial charge in [-0.15, -0.1) is 0 Å². The van der Waals surface area contributed by atoms with Gasteiger partial charge in [0.05, 0.1) is 5.54 Å². The third-order valence-corrected chi connectivity index (χ3v) is 11.5. The number of furan rings is 2. The highest BCUT2D eigenvalue weighted by Gasteiger charge is 2.34. The zero-order chi connectivity index (χ0) is 33.6. The van der Waals surface area contributed by atoms with Crippen LogP contribution in [0.1, 0.15) is 75.0 Å². The van der Waals surface area contributed by atoms with Gasteiger partial charge in [0.2, 0.25) is 0 Å². The standard InChI is InChI=1S/C47H41NO2/c1-29-14-21-39-42(25-29)49-41-23-18-33-16-15-32-17-19-35(26-40(32)44(33)45(39)41)48(47(3)24-8-12-34(28-47)31-10-5-4-6-11-31)36-20-22-37-38-13-7-9-30(2)46(38)50-43(37)27-36/h5,7-8,10-23,26-30H,4,6,9,24-25H2,1-3H3. The van der Waals surface area contributed by atoms with Crippen molar-refractivity contribution in [2.24, 2.45) is 5.92 Å². The number of rotatable bonds is 4. The molecule has 3 unspecified atom stereocenters. The minimum atomic E-state index is -0.329. The van der Waals surface area contributed by atoms with Crippen molar-refractivity contribution in [1.29, 1.82) is 0 Å². The molecule has 0 saturated carbocycles. The van der Waals surface area contributed by atoms with Gasteiger partial charge >= 0.3 is 0 Å². The lowest BCUT2D eigenvalue weighted by molar-refractivity contribution is 0.503. The van der Waals surface area contributed by atoms with Crippen LogP contribution in [0.4, 0.5) is 11.4 Å². The van der Waals surface area contributed by atoms with Crippen LogP contribution in [0.15, 0.2) is 129 Å². The van der Waals surface area contributed by atoms with Crippen molar-refractivity contribution in [3.05, 3.63) is 143 Å². The van der Waals surface area contributed by atoms with Gasteiger partial charge in [-0.2, -0.15) is 0 Å². The normalized spacial score (nSPS) is 22.7. The topological polar surface area (TPSA) is 29.5 Å². The van der Waals surface area contributed by atoms with Gasteiger partial charge in [-0.25, -0.2) is 0 Å². The molecule has 0 aliphatic heterocycles. The Kier molecular flexibility index (Phi) is 6.59. The Morgan fingerprint density at radius 1 is 0.700 bits per heavy atom. The second-order valence-corrected chi connectivity index (χ2v) is 15.1. The van der Waals surface area contributed by atoms with Crippen molar-refractivity contribution >= 4 is 67.0 Å². The van der Waals surface area contributed by atoms with Crippen LogP contribution in [0.3, 0.4) is 0 Å². The molecule has 0 spiro atoms. The first kappa shape index (κ1) is 29.6. The molecule has 0 saturated heterocycles. The summed E-state index contributed by atoms with van der Waals surface area (Å²) < 4.78 is 13.2. The molecular weight excluding hydrogens is 611 g/mol. The van der Waals surface area contributed by atoms with Crippen LogP contribution >= 0.6 is 0 Å². The highest BCUT2D eigenvalue weighted by molar-refractivity contribution is 6.22. The molecule has 6 aromatic rings. The molecule has 0 N–H and O–H groups in total. The summed E-state index contributed by atoms with van der Waals surface area (Å²) in [7, 11) is 0. The average Bonchev–Trinajstić information content (AvgIpc) is 3.70. The fourth-order valence-corrected chi connectivity index (χ4v) is 8.95. The van der Waals surface area contributed by atoms with Gasteiger partial charge < -0.3 is 13.7 Å². The summed E-state index contributed by atoms with van der Waals surface area (Å²) in [6, 6.07) is 22.8. The predicted molar refractivity (Wildman–Crippen MR) is 210 cm³/mol. The maximum Gasteiger partial charge on any atom is 0.137 e. The van der Waals surface area contributed by atoms with Gasteiger partial charge in [0.15, 0.2) is 0 Å². The van der Waals surface area contributed by atoms with Crippen molar-refractivity contribution < 1.29 is 8.83 Å².